The number of amides is 1. The SMILES string of the molecule is Cc1cc([C@H]2C[C@H](C(=O)NCc3ccccc3)CN(Cc3ccc(F)cc3)C2)ccc1F. The van der Waals surface area contributed by atoms with Crippen LogP contribution in [-0.4, -0.2) is 23.9 Å². The Balaban J connectivity index is 1.50. The molecule has 0 aromatic heterocycles. The third-order valence-corrected chi connectivity index (χ3v) is 6.18. The number of rotatable bonds is 6. The molecule has 1 aliphatic rings. The first-order valence-electron chi connectivity index (χ1n) is 11.0. The van der Waals surface area contributed by atoms with E-state index in [0.717, 1.165) is 23.2 Å². The summed E-state index contributed by atoms with van der Waals surface area (Å²) in [5, 5.41) is 3.08. The number of carbonyl (C=O) groups is 1. The average Bonchev–Trinajstić information content (AvgIpc) is 2.81. The maximum absolute atomic E-state index is 13.8. The first-order valence-corrected chi connectivity index (χ1v) is 11.0. The van der Waals surface area contributed by atoms with Crippen molar-refractivity contribution in [1.29, 1.82) is 0 Å². The molecule has 32 heavy (non-hydrogen) atoms. The molecule has 1 saturated heterocycles. The standard InChI is InChI=1S/C27H28F2N2O/c1-19-13-22(9-12-26(19)29)23-14-24(27(32)30-15-20-5-3-2-4-6-20)18-31(17-23)16-21-7-10-25(28)11-8-21/h2-13,23-24H,14-18H2,1H3,(H,30,32)/t23-,24-/m0/s1. The molecule has 1 N–H and O–H groups in total. The van der Waals surface area contributed by atoms with E-state index in [4.69, 9.17) is 0 Å². The highest BCUT2D eigenvalue weighted by molar-refractivity contribution is 5.79. The molecule has 2 atom stereocenters. The fourth-order valence-electron chi connectivity index (χ4n) is 4.45. The van der Waals surface area contributed by atoms with Crippen LogP contribution >= 0.6 is 0 Å². The number of carbonyl (C=O) groups excluding carboxylic acids is 1. The van der Waals surface area contributed by atoms with Crippen molar-refractivity contribution in [3.8, 4) is 0 Å². The number of nitrogens with one attached hydrogen (secondary N) is 1. The molecule has 3 nitrogen and oxygen atoms in total. The molecule has 0 bridgehead atoms. The fraction of sp³-hybridized carbons (Fsp3) is 0.296. The van der Waals surface area contributed by atoms with Crippen molar-refractivity contribution in [3.63, 3.8) is 0 Å². The zero-order valence-corrected chi connectivity index (χ0v) is 18.2. The van der Waals surface area contributed by atoms with Crippen LogP contribution in [0.2, 0.25) is 0 Å². The largest absolute Gasteiger partial charge is 0.352 e. The lowest BCUT2D eigenvalue weighted by atomic mass is 9.83. The highest BCUT2D eigenvalue weighted by Crippen LogP contribution is 2.32. The lowest BCUT2D eigenvalue weighted by molar-refractivity contribution is -0.127. The van der Waals surface area contributed by atoms with Gasteiger partial charge >= 0.3 is 0 Å². The number of benzene rings is 3. The quantitative estimate of drug-likeness (QED) is 0.579. The zero-order valence-electron chi connectivity index (χ0n) is 18.2. The normalized spacial score (nSPS) is 19.0. The van der Waals surface area contributed by atoms with Crippen LogP contribution < -0.4 is 5.32 Å². The summed E-state index contributed by atoms with van der Waals surface area (Å²) in [6.07, 6.45) is 0.714. The molecule has 0 unspecified atom stereocenters. The van der Waals surface area contributed by atoms with E-state index in [1.165, 1.54) is 18.2 Å². The van der Waals surface area contributed by atoms with Crippen LogP contribution in [0.4, 0.5) is 8.78 Å². The molecule has 1 amide bonds. The van der Waals surface area contributed by atoms with Crippen LogP contribution in [0.25, 0.3) is 0 Å². The minimum atomic E-state index is -0.259. The summed E-state index contributed by atoms with van der Waals surface area (Å²) >= 11 is 0. The number of aryl methyl sites for hydroxylation is 1. The predicted octanol–water partition coefficient (Wildman–Crippen LogP) is 5.20. The highest BCUT2D eigenvalue weighted by Gasteiger charge is 2.32. The summed E-state index contributed by atoms with van der Waals surface area (Å²) in [7, 11) is 0. The highest BCUT2D eigenvalue weighted by atomic mass is 19.1. The molecular weight excluding hydrogens is 406 g/mol. The van der Waals surface area contributed by atoms with Gasteiger partial charge in [-0.15, -0.1) is 0 Å². The molecule has 3 aromatic rings. The number of nitrogens with zero attached hydrogens (tertiary/aromatic N) is 1. The summed E-state index contributed by atoms with van der Waals surface area (Å²) < 4.78 is 27.1. The third kappa shape index (κ3) is 5.60. The Labute approximate surface area is 188 Å². The molecule has 3 aromatic carbocycles. The fourth-order valence-corrected chi connectivity index (χ4v) is 4.45. The van der Waals surface area contributed by atoms with Crippen LogP contribution in [-0.2, 0) is 17.9 Å². The summed E-state index contributed by atoms with van der Waals surface area (Å²) in [5.74, 6) is -0.504. The topological polar surface area (TPSA) is 32.3 Å². The first-order chi connectivity index (χ1) is 15.5. The van der Waals surface area contributed by atoms with E-state index in [-0.39, 0.29) is 29.4 Å². The lowest BCUT2D eigenvalue weighted by Gasteiger charge is -2.37. The maximum atomic E-state index is 13.8. The number of halogens is 2. The van der Waals surface area contributed by atoms with Crippen LogP contribution in [0.1, 0.15) is 34.6 Å². The van der Waals surface area contributed by atoms with Gasteiger partial charge in [0.1, 0.15) is 11.6 Å². The molecule has 1 fully saturated rings. The Bertz CT molecular complexity index is 1050. The van der Waals surface area contributed by atoms with Crippen molar-refractivity contribution in [2.45, 2.75) is 32.4 Å². The van der Waals surface area contributed by atoms with E-state index in [2.05, 4.69) is 10.2 Å². The van der Waals surface area contributed by atoms with E-state index >= 15 is 0 Å². The van der Waals surface area contributed by atoms with Gasteiger partial charge in [0.15, 0.2) is 0 Å². The molecule has 0 spiro atoms. The van der Waals surface area contributed by atoms with E-state index in [0.29, 0.717) is 31.6 Å². The van der Waals surface area contributed by atoms with Gasteiger partial charge in [0.2, 0.25) is 5.91 Å². The van der Waals surface area contributed by atoms with Crippen molar-refractivity contribution in [2.75, 3.05) is 13.1 Å². The Hall–Kier alpha value is -3.05. The van der Waals surface area contributed by atoms with Crippen molar-refractivity contribution >= 4 is 5.91 Å². The smallest absolute Gasteiger partial charge is 0.224 e. The molecule has 0 saturated carbocycles. The maximum Gasteiger partial charge on any atom is 0.224 e. The first kappa shape index (κ1) is 22.2. The van der Waals surface area contributed by atoms with Crippen LogP contribution in [0, 0.1) is 24.5 Å². The van der Waals surface area contributed by atoms with E-state index in [1.54, 1.807) is 19.1 Å². The van der Waals surface area contributed by atoms with E-state index in [9.17, 15) is 13.6 Å². The molecule has 166 valence electrons. The summed E-state index contributed by atoms with van der Waals surface area (Å²) in [6, 6.07) is 21.6. The minimum Gasteiger partial charge on any atom is -0.352 e. The molecule has 4 rings (SSSR count). The lowest BCUT2D eigenvalue weighted by Crippen LogP contribution is -2.45. The zero-order chi connectivity index (χ0) is 22.5. The number of hydrogen-bond acceptors (Lipinski definition) is 2. The second-order valence-corrected chi connectivity index (χ2v) is 8.66. The van der Waals surface area contributed by atoms with Gasteiger partial charge in [-0.2, -0.15) is 0 Å². The van der Waals surface area contributed by atoms with Gasteiger partial charge in [0.25, 0.3) is 0 Å². The van der Waals surface area contributed by atoms with Crippen molar-refractivity contribution in [2.24, 2.45) is 5.92 Å². The molecule has 0 radical (unpaired) electrons. The van der Waals surface area contributed by atoms with E-state index < -0.39 is 0 Å². The van der Waals surface area contributed by atoms with Gasteiger partial charge in [-0.25, -0.2) is 8.78 Å². The van der Waals surface area contributed by atoms with Gasteiger partial charge < -0.3 is 5.32 Å². The predicted molar refractivity (Wildman–Crippen MR) is 122 cm³/mol. The molecule has 1 aliphatic heterocycles. The van der Waals surface area contributed by atoms with Gasteiger partial charge in [0, 0.05) is 26.2 Å². The van der Waals surface area contributed by atoms with Gasteiger partial charge in [-0.3, -0.25) is 9.69 Å². The van der Waals surface area contributed by atoms with E-state index in [1.807, 2.05) is 42.5 Å². The number of likely N-dealkylation sites (tertiary alicyclic amines) is 1. The Kier molecular flexibility index (Phi) is 6.96. The third-order valence-electron chi connectivity index (χ3n) is 6.18. The van der Waals surface area contributed by atoms with Gasteiger partial charge in [-0.05, 0) is 59.7 Å². The van der Waals surface area contributed by atoms with Crippen molar-refractivity contribution < 1.29 is 13.6 Å². The average molecular weight is 435 g/mol. The Morgan fingerprint density at radius 2 is 1.72 bits per heavy atom. The van der Waals surface area contributed by atoms with Crippen LogP contribution in [0.15, 0.2) is 72.8 Å². The molecule has 0 aliphatic carbocycles. The Morgan fingerprint density at radius 3 is 2.44 bits per heavy atom. The number of hydrogen-bond donors (Lipinski definition) is 1. The van der Waals surface area contributed by atoms with Gasteiger partial charge in [0.05, 0.1) is 5.92 Å². The minimum absolute atomic E-state index is 0.0292. The summed E-state index contributed by atoms with van der Waals surface area (Å²) in [5.41, 5.74) is 3.73. The van der Waals surface area contributed by atoms with Crippen molar-refractivity contribution in [3.05, 3.63) is 107 Å². The molecule has 1 heterocycles. The van der Waals surface area contributed by atoms with Gasteiger partial charge in [-0.1, -0.05) is 54.6 Å². The van der Waals surface area contributed by atoms with Crippen molar-refractivity contribution in [1.82, 2.24) is 10.2 Å². The second-order valence-electron chi connectivity index (χ2n) is 8.66. The van der Waals surface area contributed by atoms with Crippen LogP contribution in [0.3, 0.4) is 0 Å². The molecule has 5 heteroatoms. The Morgan fingerprint density at radius 1 is 0.969 bits per heavy atom. The summed E-state index contributed by atoms with van der Waals surface area (Å²) in [4.78, 5) is 15.3. The number of piperidine rings is 1. The summed E-state index contributed by atoms with van der Waals surface area (Å²) in [6.45, 7) is 4.30. The van der Waals surface area contributed by atoms with Crippen LogP contribution in [0.5, 0.6) is 0 Å². The molecular formula is C27H28F2N2O. The monoisotopic (exact) mass is 434 g/mol. The second kappa shape index (κ2) is 10.0.